The van der Waals surface area contributed by atoms with Crippen LogP contribution in [0.15, 0.2) is 24.3 Å². The summed E-state index contributed by atoms with van der Waals surface area (Å²) in [4.78, 5) is 11.4. The fourth-order valence-electron chi connectivity index (χ4n) is 1.36. The summed E-state index contributed by atoms with van der Waals surface area (Å²) in [7, 11) is 0. The van der Waals surface area contributed by atoms with Gasteiger partial charge >= 0.3 is 0 Å². The molecule has 0 radical (unpaired) electrons. The highest BCUT2D eigenvalue weighted by atomic mass is 19.1. The summed E-state index contributed by atoms with van der Waals surface area (Å²) < 4.78 is 18.0. The smallest absolute Gasteiger partial charge is 0.257 e. The fourth-order valence-corrected chi connectivity index (χ4v) is 1.36. The minimum absolute atomic E-state index is 0.171. The van der Waals surface area contributed by atoms with Gasteiger partial charge in [-0.1, -0.05) is 11.3 Å². The van der Waals surface area contributed by atoms with E-state index >= 15 is 0 Å². The highest BCUT2D eigenvalue weighted by Gasteiger charge is 2.04. The number of tetrazole rings is 1. The van der Waals surface area contributed by atoms with Gasteiger partial charge < -0.3 is 10.1 Å². The second-order valence-corrected chi connectivity index (χ2v) is 3.67. The quantitative estimate of drug-likeness (QED) is 0.771. The number of carbonyl (C=O) groups is 1. The largest absolute Gasteiger partial charge is 0.484 e. The zero-order valence-electron chi connectivity index (χ0n) is 9.97. The first kappa shape index (κ1) is 12.9. The van der Waals surface area contributed by atoms with Gasteiger partial charge in [0.05, 0.1) is 0 Å². The molecule has 0 bridgehead atoms. The van der Waals surface area contributed by atoms with Crippen LogP contribution in [0.3, 0.4) is 0 Å². The zero-order valence-corrected chi connectivity index (χ0v) is 9.97. The number of hydrogen-bond donors (Lipinski definition) is 2. The fraction of sp³-hybridized carbons (Fsp3) is 0.273. The van der Waals surface area contributed by atoms with Gasteiger partial charge in [0, 0.05) is 19.0 Å². The van der Waals surface area contributed by atoms with Crippen molar-refractivity contribution in [2.75, 3.05) is 13.2 Å². The molecule has 2 N–H and O–H groups in total. The molecule has 0 spiro atoms. The lowest BCUT2D eigenvalue weighted by Crippen LogP contribution is -2.30. The second kappa shape index (κ2) is 6.43. The molecule has 2 aromatic rings. The summed E-state index contributed by atoms with van der Waals surface area (Å²) in [5.74, 6) is 0.127. The van der Waals surface area contributed by atoms with Crippen LogP contribution in [-0.4, -0.2) is 39.7 Å². The van der Waals surface area contributed by atoms with E-state index in [4.69, 9.17) is 4.74 Å². The van der Waals surface area contributed by atoms with E-state index in [2.05, 4.69) is 25.9 Å². The van der Waals surface area contributed by atoms with Crippen molar-refractivity contribution in [2.24, 2.45) is 0 Å². The van der Waals surface area contributed by atoms with Gasteiger partial charge in [-0.15, -0.1) is 10.2 Å². The Labute approximate surface area is 108 Å². The number of halogens is 1. The highest BCUT2D eigenvalue weighted by Crippen LogP contribution is 2.11. The van der Waals surface area contributed by atoms with Crippen molar-refractivity contribution < 1.29 is 13.9 Å². The minimum atomic E-state index is -0.407. The Morgan fingerprint density at radius 3 is 3.11 bits per heavy atom. The lowest BCUT2D eigenvalue weighted by atomic mass is 10.3. The van der Waals surface area contributed by atoms with E-state index in [1.54, 1.807) is 6.07 Å². The molecular formula is C11H12FN5O2. The van der Waals surface area contributed by atoms with Crippen LogP contribution in [0.25, 0.3) is 0 Å². The van der Waals surface area contributed by atoms with Crippen molar-refractivity contribution in [3.8, 4) is 5.75 Å². The summed E-state index contributed by atoms with van der Waals surface area (Å²) in [6.45, 7) is 0.209. The van der Waals surface area contributed by atoms with Gasteiger partial charge in [0.1, 0.15) is 11.6 Å². The first-order chi connectivity index (χ1) is 9.24. The van der Waals surface area contributed by atoms with Crippen LogP contribution in [0.1, 0.15) is 5.82 Å². The molecule has 0 saturated heterocycles. The number of aromatic amines is 1. The Morgan fingerprint density at radius 1 is 1.47 bits per heavy atom. The first-order valence-corrected chi connectivity index (χ1v) is 5.61. The number of rotatable bonds is 6. The summed E-state index contributed by atoms with van der Waals surface area (Å²) >= 11 is 0. The molecule has 100 valence electrons. The average Bonchev–Trinajstić information content (AvgIpc) is 2.90. The first-order valence-electron chi connectivity index (χ1n) is 5.61. The normalized spacial score (nSPS) is 10.2. The number of carbonyl (C=O) groups excluding carboxylic acids is 1. The molecule has 1 aromatic carbocycles. The molecule has 0 aliphatic rings. The van der Waals surface area contributed by atoms with Crippen molar-refractivity contribution in [1.82, 2.24) is 25.9 Å². The van der Waals surface area contributed by atoms with Crippen molar-refractivity contribution in [2.45, 2.75) is 6.42 Å². The molecule has 7 nitrogen and oxygen atoms in total. The molecule has 1 aromatic heterocycles. The van der Waals surface area contributed by atoms with Crippen LogP contribution in [0.4, 0.5) is 4.39 Å². The number of aromatic nitrogens is 4. The van der Waals surface area contributed by atoms with Crippen molar-refractivity contribution in [3.63, 3.8) is 0 Å². The number of nitrogens with one attached hydrogen (secondary N) is 2. The molecule has 8 heteroatoms. The Morgan fingerprint density at radius 2 is 2.37 bits per heavy atom. The molecule has 0 unspecified atom stereocenters. The summed E-state index contributed by atoms with van der Waals surface area (Å²) in [5, 5.41) is 15.8. The topological polar surface area (TPSA) is 92.8 Å². The van der Waals surface area contributed by atoms with E-state index < -0.39 is 5.82 Å². The van der Waals surface area contributed by atoms with Crippen LogP contribution in [0.2, 0.25) is 0 Å². The Bertz CT molecular complexity index is 532. The standard InChI is InChI=1S/C11H12FN5O2/c12-8-2-1-3-9(6-8)19-7-11(18)13-5-4-10-14-16-17-15-10/h1-3,6H,4-5,7H2,(H,13,18)(H,14,15,16,17). The number of ether oxygens (including phenoxy) is 1. The van der Waals surface area contributed by atoms with Crippen molar-refractivity contribution >= 4 is 5.91 Å². The van der Waals surface area contributed by atoms with E-state index in [1.165, 1.54) is 18.2 Å². The number of nitrogens with zero attached hydrogens (tertiary/aromatic N) is 3. The maximum atomic E-state index is 12.8. The van der Waals surface area contributed by atoms with Gasteiger partial charge in [-0.2, -0.15) is 5.21 Å². The number of H-pyrrole nitrogens is 1. The third-order valence-corrected chi connectivity index (χ3v) is 2.23. The highest BCUT2D eigenvalue weighted by molar-refractivity contribution is 5.77. The number of benzene rings is 1. The van der Waals surface area contributed by atoms with Crippen molar-refractivity contribution in [1.29, 1.82) is 0 Å². The van der Waals surface area contributed by atoms with Crippen LogP contribution in [0, 0.1) is 5.82 Å². The molecular weight excluding hydrogens is 253 g/mol. The molecule has 0 aliphatic carbocycles. The zero-order chi connectivity index (χ0) is 13.5. The van der Waals surface area contributed by atoms with E-state index in [0.717, 1.165) is 0 Å². The molecule has 1 amide bonds. The van der Waals surface area contributed by atoms with Gasteiger partial charge in [0.2, 0.25) is 0 Å². The van der Waals surface area contributed by atoms with E-state index in [0.29, 0.717) is 24.5 Å². The Hall–Kier alpha value is -2.51. The molecule has 0 fully saturated rings. The number of amides is 1. The summed E-state index contributed by atoms with van der Waals surface area (Å²) in [6.07, 6.45) is 0.474. The average molecular weight is 265 g/mol. The lowest BCUT2D eigenvalue weighted by Gasteiger charge is -2.06. The predicted molar refractivity (Wildman–Crippen MR) is 62.8 cm³/mol. The third kappa shape index (κ3) is 4.34. The summed E-state index contributed by atoms with van der Waals surface area (Å²) in [5.41, 5.74) is 0. The Balaban J connectivity index is 1.67. The maximum Gasteiger partial charge on any atom is 0.257 e. The predicted octanol–water partition coefficient (Wildman–Crippen LogP) is 0.0765. The van der Waals surface area contributed by atoms with E-state index in [9.17, 15) is 9.18 Å². The molecule has 2 rings (SSSR count). The Kier molecular flexibility index (Phi) is 4.38. The maximum absolute atomic E-state index is 12.8. The minimum Gasteiger partial charge on any atom is -0.484 e. The SMILES string of the molecule is O=C(COc1cccc(F)c1)NCCc1nn[nH]n1. The van der Waals surface area contributed by atoms with Gasteiger partial charge in [-0.3, -0.25) is 4.79 Å². The molecule has 19 heavy (non-hydrogen) atoms. The van der Waals surface area contributed by atoms with Crippen LogP contribution < -0.4 is 10.1 Å². The lowest BCUT2D eigenvalue weighted by molar-refractivity contribution is -0.123. The van der Waals surface area contributed by atoms with Crippen molar-refractivity contribution in [3.05, 3.63) is 35.9 Å². The van der Waals surface area contributed by atoms with Gasteiger partial charge in [0.15, 0.2) is 12.4 Å². The molecule has 1 heterocycles. The van der Waals surface area contributed by atoms with Crippen LogP contribution in [-0.2, 0) is 11.2 Å². The van der Waals surface area contributed by atoms with E-state index in [1.807, 2.05) is 0 Å². The molecule has 0 saturated carbocycles. The monoisotopic (exact) mass is 265 g/mol. The third-order valence-electron chi connectivity index (χ3n) is 2.23. The van der Waals surface area contributed by atoms with Crippen LogP contribution in [0.5, 0.6) is 5.75 Å². The molecule has 0 aliphatic heterocycles. The molecule has 0 atom stereocenters. The van der Waals surface area contributed by atoms with E-state index in [-0.39, 0.29) is 12.5 Å². The van der Waals surface area contributed by atoms with Gasteiger partial charge in [-0.25, -0.2) is 4.39 Å². The second-order valence-electron chi connectivity index (χ2n) is 3.67. The van der Waals surface area contributed by atoms with Gasteiger partial charge in [-0.05, 0) is 12.1 Å². The number of hydrogen-bond acceptors (Lipinski definition) is 5. The summed E-state index contributed by atoms with van der Waals surface area (Å²) in [6, 6.07) is 5.61. The van der Waals surface area contributed by atoms with Gasteiger partial charge in [0.25, 0.3) is 5.91 Å². The van der Waals surface area contributed by atoms with Crippen LogP contribution >= 0.6 is 0 Å².